The van der Waals surface area contributed by atoms with Gasteiger partial charge in [-0.2, -0.15) is 18.3 Å². The van der Waals surface area contributed by atoms with Crippen molar-refractivity contribution in [1.82, 2.24) is 10.2 Å². The lowest BCUT2D eigenvalue weighted by Gasteiger charge is -2.13. The highest BCUT2D eigenvalue weighted by atomic mass is 32.2. The van der Waals surface area contributed by atoms with Gasteiger partial charge < -0.3 is 0 Å². The van der Waals surface area contributed by atoms with Gasteiger partial charge in [-0.05, 0) is 47.9 Å². The van der Waals surface area contributed by atoms with Gasteiger partial charge in [-0.25, -0.2) is 13.6 Å². The van der Waals surface area contributed by atoms with E-state index >= 15 is 0 Å². The molecule has 3 rings (SSSR count). The highest BCUT2D eigenvalue weighted by Crippen LogP contribution is 2.37. The Hall–Kier alpha value is -2.39. The van der Waals surface area contributed by atoms with E-state index in [-0.39, 0.29) is 10.4 Å². The summed E-state index contributed by atoms with van der Waals surface area (Å²) in [5.41, 5.74) is 0.703. The van der Waals surface area contributed by atoms with Gasteiger partial charge in [0.05, 0.1) is 22.2 Å². The molecular weight excluding hydrogens is 343 g/mol. The van der Waals surface area contributed by atoms with E-state index in [2.05, 4.69) is 10.2 Å². The van der Waals surface area contributed by atoms with Gasteiger partial charge in [0.15, 0.2) is 0 Å². The van der Waals surface area contributed by atoms with Crippen LogP contribution in [-0.2, 0) is 16.2 Å². The molecule has 0 saturated carbocycles. The molecule has 5 nitrogen and oxygen atoms in total. The van der Waals surface area contributed by atoms with Gasteiger partial charge in [0.25, 0.3) is 0 Å². The lowest BCUT2D eigenvalue weighted by Crippen LogP contribution is -2.12. The molecule has 0 bridgehead atoms. The number of alkyl halides is 3. The van der Waals surface area contributed by atoms with Crippen molar-refractivity contribution in [3.63, 3.8) is 0 Å². The average molecular weight is 355 g/mol. The van der Waals surface area contributed by atoms with Crippen LogP contribution >= 0.6 is 0 Å². The molecule has 9 heteroatoms. The van der Waals surface area contributed by atoms with Crippen molar-refractivity contribution in [3.05, 3.63) is 47.7 Å². The van der Waals surface area contributed by atoms with Crippen molar-refractivity contribution in [2.45, 2.75) is 18.0 Å². The number of nitrogens with two attached hydrogens (primary N) is 1. The van der Waals surface area contributed by atoms with Crippen LogP contribution in [0.1, 0.15) is 11.1 Å². The van der Waals surface area contributed by atoms with E-state index in [1.54, 1.807) is 6.92 Å². The first-order chi connectivity index (χ1) is 11.1. The minimum Gasteiger partial charge on any atom is -0.278 e. The summed E-state index contributed by atoms with van der Waals surface area (Å²) in [5.74, 6) is 0. The highest BCUT2D eigenvalue weighted by Gasteiger charge is 2.32. The molecule has 0 aliphatic heterocycles. The molecule has 3 aromatic rings. The summed E-state index contributed by atoms with van der Waals surface area (Å²) in [7, 11) is -3.89. The number of benzene rings is 2. The molecule has 0 radical (unpaired) electrons. The molecule has 1 aromatic heterocycles. The van der Waals surface area contributed by atoms with Crippen molar-refractivity contribution in [2.75, 3.05) is 0 Å². The minimum absolute atomic E-state index is 0.0980. The zero-order valence-electron chi connectivity index (χ0n) is 12.3. The second-order valence-corrected chi connectivity index (χ2v) is 6.94. The number of sulfonamides is 1. The molecule has 1 heterocycles. The summed E-state index contributed by atoms with van der Waals surface area (Å²) in [6.45, 7) is 1.61. The number of hydrogen-bond donors (Lipinski definition) is 2. The molecule has 2 aromatic carbocycles. The zero-order valence-corrected chi connectivity index (χ0v) is 13.2. The minimum atomic E-state index is -4.51. The number of fused-ring (bicyclic) bond motifs is 1. The molecule has 24 heavy (non-hydrogen) atoms. The molecule has 0 fully saturated rings. The van der Waals surface area contributed by atoms with E-state index in [0.717, 1.165) is 12.1 Å². The quantitative estimate of drug-likeness (QED) is 0.740. The number of aromatic nitrogens is 2. The molecule has 0 aliphatic carbocycles. The second kappa shape index (κ2) is 5.32. The summed E-state index contributed by atoms with van der Waals surface area (Å²) in [5, 5.41) is 11.9. The lowest BCUT2D eigenvalue weighted by molar-refractivity contribution is -0.137. The Balaban J connectivity index is 2.28. The van der Waals surface area contributed by atoms with Crippen molar-refractivity contribution in [3.8, 4) is 11.1 Å². The second-order valence-electron chi connectivity index (χ2n) is 5.37. The van der Waals surface area contributed by atoms with Gasteiger partial charge in [-0.1, -0.05) is 6.07 Å². The third-order valence-corrected chi connectivity index (χ3v) is 4.61. The zero-order chi connectivity index (χ0) is 17.7. The Kier molecular flexibility index (Phi) is 3.65. The molecule has 0 spiro atoms. The van der Waals surface area contributed by atoms with Crippen LogP contribution in [0.15, 0.2) is 41.4 Å². The van der Waals surface area contributed by atoms with Crippen molar-refractivity contribution < 1.29 is 21.6 Å². The summed E-state index contributed by atoms with van der Waals surface area (Å²) in [6, 6.07) is 6.05. The molecule has 0 aliphatic rings. The van der Waals surface area contributed by atoms with Crippen LogP contribution < -0.4 is 5.14 Å². The number of aryl methyl sites for hydroxylation is 1. The van der Waals surface area contributed by atoms with Gasteiger partial charge in [0, 0.05) is 5.39 Å². The van der Waals surface area contributed by atoms with E-state index in [4.69, 9.17) is 5.14 Å². The third kappa shape index (κ3) is 2.87. The van der Waals surface area contributed by atoms with Crippen LogP contribution in [0.2, 0.25) is 0 Å². The fraction of sp³-hybridized carbons (Fsp3) is 0.133. The maximum Gasteiger partial charge on any atom is 0.416 e. The molecular formula is C15H12F3N3O2S. The van der Waals surface area contributed by atoms with Crippen LogP contribution in [0, 0.1) is 6.92 Å². The van der Waals surface area contributed by atoms with Crippen molar-refractivity contribution >= 4 is 20.9 Å². The van der Waals surface area contributed by atoms with Crippen molar-refractivity contribution in [2.24, 2.45) is 5.14 Å². The van der Waals surface area contributed by atoms with E-state index in [1.807, 2.05) is 0 Å². The van der Waals surface area contributed by atoms with Crippen molar-refractivity contribution in [1.29, 1.82) is 0 Å². The third-order valence-electron chi connectivity index (χ3n) is 3.70. The largest absolute Gasteiger partial charge is 0.416 e. The fourth-order valence-corrected chi connectivity index (χ4v) is 3.15. The molecule has 0 amide bonds. The number of aromatic amines is 1. The predicted molar refractivity (Wildman–Crippen MR) is 82.6 cm³/mol. The lowest BCUT2D eigenvalue weighted by atomic mass is 9.95. The molecule has 3 N–H and O–H groups in total. The first-order valence-corrected chi connectivity index (χ1v) is 8.30. The number of halogens is 3. The first-order valence-electron chi connectivity index (χ1n) is 6.75. The first kappa shape index (κ1) is 16.5. The Morgan fingerprint density at radius 3 is 2.42 bits per heavy atom. The monoisotopic (exact) mass is 355 g/mol. The Morgan fingerprint density at radius 2 is 1.83 bits per heavy atom. The van der Waals surface area contributed by atoms with Gasteiger partial charge >= 0.3 is 6.18 Å². The van der Waals surface area contributed by atoms with Crippen LogP contribution in [-0.4, -0.2) is 18.6 Å². The molecule has 0 unspecified atom stereocenters. The van der Waals surface area contributed by atoms with Crippen LogP contribution in [0.4, 0.5) is 13.2 Å². The topological polar surface area (TPSA) is 88.8 Å². The van der Waals surface area contributed by atoms with E-state index in [1.165, 1.54) is 24.4 Å². The van der Waals surface area contributed by atoms with Gasteiger partial charge in [0.2, 0.25) is 10.0 Å². The summed E-state index contributed by atoms with van der Waals surface area (Å²) >= 11 is 0. The van der Waals surface area contributed by atoms with Crippen LogP contribution in [0.3, 0.4) is 0 Å². The molecule has 126 valence electrons. The Labute approximate surface area is 135 Å². The number of rotatable bonds is 2. The molecule has 0 saturated heterocycles. The predicted octanol–water partition coefficient (Wildman–Crippen LogP) is 3.20. The maximum atomic E-state index is 13.1. The van der Waals surface area contributed by atoms with E-state index in [0.29, 0.717) is 22.1 Å². The Morgan fingerprint density at radius 1 is 1.12 bits per heavy atom. The van der Waals surface area contributed by atoms with E-state index in [9.17, 15) is 21.6 Å². The normalized spacial score (nSPS) is 12.7. The van der Waals surface area contributed by atoms with Crippen LogP contribution in [0.25, 0.3) is 22.0 Å². The summed E-state index contributed by atoms with van der Waals surface area (Å²) in [6.07, 6.45) is -3.08. The SMILES string of the molecule is Cc1cc(S(N)(=O)=O)ccc1-c1cc(C(F)(F)F)cc2[nH]ncc12. The maximum absolute atomic E-state index is 13.1. The Bertz CT molecular complexity index is 1040. The number of H-pyrrole nitrogens is 1. The van der Waals surface area contributed by atoms with Crippen LogP contribution in [0.5, 0.6) is 0 Å². The standard InChI is InChI=1S/C15H12F3N3O2S/c1-8-4-10(24(19,22)23)2-3-11(8)12-5-9(15(16,17)18)6-14-13(12)7-20-21-14/h2-7H,1H3,(H,20,21)(H2,19,22,23). The number of nitrogens with one attached hydrogen (secondary N) is 1. The van der Waals surface area contributed by atoms with Gasteiger partial charge in [-0.15, -0.1) is 0 Å². The molecule has 0 atom stereocenters. The van der Waals surface area contributed by atoms with Gasteiger partial charge in [-0.3, -0.25) is 5.10 Å². The fourth-order valence-electron chi connectivity index (χ4n) is 2.55. The summed E-state index contributed by atoms with van der Waals surface area (Å²) < 4.78 is 62.1. The number of primary sulfonamides is 1. The average Bonchev–Trinajstić information content (AvgIpc) is 2.92. The van der Waals surface area contributed by atoms with Gasteiger partial charge in [0.1, 0.15) is 0 Å². The smallest absolute Gasteiger partial charge is 0.278 e. The summed E-state index contributed by atoms with van der Waals surface area (Å²) in [4.78, 5) is -0.0980. The number of hydrogen-bond acceptors (Lipinski definition) is 3. The number of nitrogens with zero attached hydrogens (tertiary/aromatic N) is 1. The van der Waals surface area contributed by atoms with E-state index < -0.39 is 21.8 Å². The highest BCUT2D eigenvalue weighted by molar-refractivity contribution is 7.89.